The maximum Gasteiger partial charge on any atom is 0.129 e. The Bertz CT molecular complexity index is 560. The van der Waals surface area contributed by atoms with Crippen LogP contribution in [0.15, 0.2) is 46.9 Å². The van der Waals surface area contributed by atoms with E-state index in [9.17, 15) is 4.39 Å². The van der Waals surface area contributed by atoms with Crippen molar-refractivity contribution in [2.45, 2.75) is 12.5 Å². The number of halogens is 3. The van der Waals surface area contributed by atoms with Crippen LogP contribution in [-0.4, -0.2) is 0 Å². The fourth-order valence-electron chi connectivity index (χ4n) is 1.90. The highest BCUT2D eigenvalue weighted by Crippen LogP contribution is 2.23. The smallest absolute Gasteiger partial charge is 0.129 e. The van der Waals surface area contributed by atoms with Gasteiger partial charge in [-0.15, -0.1) is 0 Å². The lowest BCUT2D eigenvalue weighted by molar-refractivity contribution is 0.510. The molecular formula is C14H13BrFIN2. The van der Waals surface area contributed by atoms with Gasteiger partial charge in [-0.2, -0.15) is 0 Å². The number of nitrogens with one attached hydrogen (secondary N) is 1. The third-order valence-corrected chi connectivity index (χ3v) is 4.10. The first-order valence-electron chi connectivity index (χ1n) is 5.75. The van der Waals surface area contributed by atoms with E-state index in [2.05, 4.69) is 43.9 Å². The van der Waals surface area contributed by atoms with E-state index in [1.165, 1.54) is 9.64 Å². The second-order valence-electron chi connectivity index (χ2n) is 4.22. The fourth-order valence-corrected chi connectivity index (χ4v) is 2.59. The molecule has 0 saturated heterocycles. The van der Waals surface area contributed by atoms with Crippen molar-refractivity contribution in [1.82, 2.24) is 5.43 Å². The summed E-state index contributed by atoms with van der Waals surface area (Å²) in [6, 6.07) is 12.9. The fraction of sp³-hybridized carbons (Fsp3) is 0.143. The minimum atomic E-state index is -0.261. The molecule has 19 heavy (non-hydrogen) atoms. The van der Waals surface area contributed by atoms with Gasteiger partial charge in [0.2, 0.25) is 0 Å². The van der Waals surface area contributed by atoms with E-state index in [1.807, 2.05) is 30.3 Å². The van der Waals surface area contributed by atoms with Crippen molar-refractivity contribution in [2.75, 3.05) is 0 Å². The van der Waals surface area contributed by atoms with Gasteiger partial charge in [-0.1, -0.05) is 34.1 Å². The highest BCUT2D eigenvalue weighted by atomic mass is 127. The second-order valence-corrected chi connectivity index (χ2v) is 6.38. The van der Waals surface area contributed by atoms with Gasteiger partial charge in [0, 0.05) is 13.6 Å². The largest absolute Gasteiger partial charge is 0.271 e. The molecule has 0 aliphatic carbocycles. The molecule has 1 atom stereocenters. The zero-order valence-electron chi connectivity index (χ0n) is 10.0. The van der Waals surface area contributed by atoms with E-state index in [0.29, 0.717) is 12.0 Å². The summed E-state index contributed by atoms with van der Waals surface area (Å²) in [4.78, 5) is 0. The predicted molar refractivity (Wildman–Crippen MR) is 87.0 cm³/mol. The number of hydrogen-bond acceptors (Lipinski definition) is 2. The summed E-state index contributed by atoms with van der Waals surface area (Å²) in [7, 11) is 0. The standard InChI is InChI=1S/C14H13BrFIN2/c15-10-3-6-12(13(16)8-10)14(19-18)7-9-1-4-11(17)5-2-9/h1-6,8,14,19H,7,18H2. The van der Waals surface area contributed by atoms with E-state index in [-0.39, 0.29) is 11.9 Å². The number of hydrogen-bond donors (Lipinski definition) is 2. The quantitative estimate of drug-likeness (QED) is 0.434. The minimum absolute atomic E-state index is 0.242. The minimum Gasteiger partial charge on any atom is -0.271 e. The summed E-state index contributed by atoms with van der Waals surface area (Å²) in [5.74, 6) is 5.30. The lowest BCUT2D eigenvalue weighted by atomic mass is 9.99. The first-order valence-corrected chi connectivity index (χ1v) is 7.63. The summed E-state index contributed by atoms with van der Waals surface area (Å²) in [6.45, 7) is 0. The first kappa shape index (κ1) is 14.9. The molecule has 2 rings (SSSR count). The monoisotopic (exact) mass is 434 g/mol. The molecule has 0 radical (unpaired) electrons. The van der Waals surface area contributed by atoms with Gasteiger partial charge in [0.25, 0.3) is 0 Å². The van der Waals surface area contributed by atoms with Crippen LogP contribution in [0.1, 0.15) is 17.2 Å². The number of nitrogens with two attached hydrogens (primary N) is 1. The summed E-state index contributed by atoms with van der Waals surface area (Å²) < 4.78 is 15.8. The second kappa shape index (κ2) is 6.78. The molecule has 0 amide bonds. The lowest BCUT2D eigenvalue weighted by Gasteiger charge is -2.17. The van der Waals surface area contributed by atoms with Gasteiger partial charge in [0.1, 0.15) is 5.82 Å². The third kappa shape index (κ3) is 3.98. The van der Waals surface area contributed by atoms with Crippen LogP contribution in [0.3, 0.4) is 0 Å². The van der Waals surface area contributed by atoms with Crippen LogP contribution in [0.4, 0.5) is 4.39 Å². The molecule has 0 heterocycles. The van der Waals surface area contributed by atoms with Crippen molar-refractivity contribution in [1.29, 1.82) is 0 Å². The number of hydrazine groups is 1. The van der Waals surface area contributed by atoms with Gasteiger partial charge in [-0.25, -0.2) is 4.39 Å². The van der Waals surface area contributed by atoms with Crippen molar-refractivity contribution < 1.29 is 4.39 Å². The van der Waals surface area contributed by atoms with Gasteiger partial charge in [-0.3, -0.25) is 11.3 Å². The van der Waals surface area contributed by atoms with Crippen molar-refractivity contribution in [2.24, 2.45) is 5.84 Å². The van der Waals surface area contributed by atoms with E-state index < -0.39 is 0 Å². The maximum absolute atomic E-state index is 13.9. The average Bonchev–Trinajstić information content (AvgIpc) is 2.39. The summed E-state index contributed by atoms with van der Waals surface area (Å²) in [5, 5.41) is 0. The van der Waals surface area contributed by atoms with E-state index >= 15 is 0 Å². The van der Waals surface area contributed by atoms with Crippen molar-refractivity contribution in [3.05, 3.63) is 67.5 Å². The van der Waals surface area contributed by atoms with Crippen LogP contribution in [-0.2, 0) is 6.42 Å². The Hall–Kier alpha value is -0.500. The van der Waals surface area contributed by atoms with Crippen molar-refractivity contribution >= 4 is 38.5 Å². The van der Waals surface area contributed by atoms with Crippen LogP contribution < -0.4 is 11.3 Å². The Kier molecular flexibility index (Phi) is 5.32. The molecule has 2 aromatic carbocycles. The van der Waals surface area contributed by atoms with Gasteiger partial charge in [0.15, 0.2) is 0 Å². The average molecular weight is 435 g/mol. The van der Waals surface area contributed by atoms with E-state index in [4.69, 9.17) is 5.84 Å². The zero-order valence-corrected chi connectivity index (χ0v) is 13.8. The van der Waals surface area contributed by atoms with Crippen molar-refractivity contribution in [3.8, 4) is 0 Å². The highest BCUT2D eigenvalue weighted by molar-refractivity contribution is 14.1. The third-order valence-electron chi connectivity index (χ3n) is 2.89. The van der Waals surface area contributed by atoms with Crippen molar-refractivity contribution in [3.63, 3.8) is 0 Å². The van der Waals surface area contributed by atoms with E-state index in [1.54, 1.807) is 6.07 Å². The molecule has 2 aromatic rings. The summed E-state index contributed by atoms with van der Waals surface area (Å²) in [6.07, 6.45) is 0.645. The molecule has 2 nitrogen and oxygen atoms in total. The molecule has 5 heteroatoms. The molecule has 1 unspecified atom stereocenters. The summed E-state index contributed by atoms with van der Waals surface area (Å²) >= 11 is 5.50. The van der Waals surface area contributed by atoms with Gasteiger partial charge in [-0.05, 0) is 58.8 Å². The van der Waals surface area contributed by atoms with E-state index in [0.717, 1.165) is 10.0 Å². The molecule has 0 aromatic heterocycles. The van der Waals surface area contributed by atoms with Gasteiger partial charge >= 0.3 is 0 Å². The molecule has 0 saturated carbocycles. The van der Waals surface area contributed by atoms with Gasteiger partial charge in [0.05, 0.1) is 6.04 Å². The molecule has 0 fully saturated rings. The number of benzene rings is 2. The summed E-state index contributed by atoms with van der Waals surface area (Å²) in [5.41, 5.74) is 4.37. The van der Waals surface area contributed by atoms with Crippen LogP contribution in [0.5, 0.6) is 0 Å². The zero-order chi connectivity index (χ0) is 13.8. The van der Waals surface area contributed by atoms with Crippen LogP contribution in [0.25, 0.3) is 0 Å². The highest BCUT2D eigenvalue weighted by Gasteiger charge is 2.15. The topological polar surface area (TPSA) is 38.0 Å². The Labute approximate surface area is 133 Å². The SMILES string of the molecule is NNC(Cc1ccc(I)cc1)c1ccc(Br)cc1F. The molecule has 0 aliphatic heterocycles. The number of rotatable bonds is 4. The normalized spacial score (nSPS) is 12.4. The Morgan fingerprint density at radius 2 is 1.89 bits per heavy atom. The van der Waals surface area contributed by atoms with Crippen LogP contribution in [0, 0.1) is 9.39 Å². The Balaban J connectivity index is 2.22. The van der Waals surface area contributed by atoms with Crippen LogP contribution in [0.2, 0.25) is 0 Å². The Morgan fingerprint density at radius 3 is 2.47 bits per heavy atom. The van der Waals surface area contributed by atoms with Crippen LogP contribution >= 0.6 is 38.5 Å². The molecule has 0 bridgehead atoms. The predicted octanol–water partition coefficient (Wildman–Crippen LogP) is 3.94. The Morgan fingerprint density at radius 1 is 1.21 bits per heavy atom. The first-order chi connectivity index (χ1) is 9.10. The molecular weight excluding hydrogens is 422 g/mol. The molecule has 0 aliphatic rings. The maximum atomic E-state index is 13.9. The lowest BCUT2D eigenvalue weighted by Crippen LogP contribution is -2.30. The molecule has 3 N–H and O–H groups in total. The molecule has 0 spiro atoms. The van der Waals surface area contributed by atoms with Gasteiger partial charge < -0.3 is 0 Å². The molecule has 100 valence electrons.